The van der Waals surface area contributed by atoms with Crippen LogP contribution >= 0.6 is 10.2 Å². The van der Waals surface area contributed by atoms with Gasteiger partial charge in [-0.2, -0.15) is 0 Å². The Morgan fingerprint density at radius 1 is 1.17 bits per heavy atom. The monoisotopic (exact) mass is 380 g/mol. The minimum absolute atomic E-state index is 0.0737. The molecule has 0 spiro atoms. The van der Waals surface area contributed by atoms with Crippen molar-refractivity contribution in [1.82, 2.24) is 0 Å². The fourth-order valence-corrected chi connectivity index (χ4v) is 2.93. The summed E-state index contributed by atoms with van der Waals surface area (Å²) in [7, 11) is -10.3. The van der Waals surface area contributed by atoms with Gasteiger partial charge < -0.3 is 4.74 Å². The molecule has 0 radical (unpaired) electrons. The van der Waals surface area contributed by atoms with Crippen LogP contribution < -0.4 is 4.74 Å². The molecule has 1 rings (SSSR count). The van der Waals surface area contributed by atoms with Gasteiger partial charge in [-0.25, -0.2) is 8.78 Å². The summed E-state index contributed by atoms with van der Waals surface area (Å²) in [5, 5.41) is 0. The summed E-state index contributed by atoms with van der Waals surface area (Å²) in [6.45, 7) is 2.20. The lowest BCUT2D eigenvalue weighted by Gasteiger charge is -2.41. The van der Waals surface area contributed by atoms with Gasteiger partial charge in [-0.05, 0) is 37.8 Å². The van der Waals surface area contributed by atoms with E-state index in [1.807, 2.05) is 0 Å². The van der Waals surface area contributed by atoms with Gasteiger partial charge in [0.1, 0.15) is 18.5 Å². The molecular weight excluding hydrogens is 361 g/mol. The molecule has 0 aromatic heterocycles. The van der Waals surface area contributed by atoms with Crippen molar-refractivity contribution in [2.24, 2.45) is 0 Å². The Labute approximate surface area is 136 Å². The molecule has 0 aliphatic rings. The second-order valence-corrected chi connectivity index (χ2v) is 7.61. The number of allylic oxidation sites excluding steroid dienone is 2. The minimum atomic E-state index is -10.3. The summed E-state index contributed by atoms with van der Waals surface area (Å²) in [6.07, 6.45) is 1.46. The van der Waals surface area contributed by atoms with Gasteiger partial charge in [-0.1, -0.05) is 44.6 Å². The number of hydrogen-bond donors (Lipinski definition) is 0. The second kappa shape index (κ2) is 6.50. The van der Waals surface area contributed by atoms with Crippen LogP contribution in [0, 0.1) is 5.82 Å². The lowest BCUT2D eigenvalue weighted by Crippen LogP contribution is -2.17. The van der Waals surface area contributed by atoms with Gasteiger partial charge in [0.15, 0.2) is 10.7 Å². The van der Waals surface area contributed by atoms with E-state index in [4.69, 9.17) is 0 Å². The van der Waals surface area contributed by atoms with Crippen molar-refractivity contribution < 1.29 is 32.9 Å². The van der Waals surface area contributed by atoms with E-state index >= 15 is 0 Å². The number of ether oxygens (including phenoxy) is 1. The molecule has 0 bridgehead atoms. The Hall–Kier alpha value is -1.38. The van der Waals surface area contributed by atoms with E-state index < -0.39 is 45.0 Å². The summed E-state index contributed by atoms with van der Waals surface area (Å²) >= 11 is 0. The van der Waals surface area contributed by atoms with E-state index in [1.54, 1.807) is 19.1 Å². The quantitative estimate of drug-likeness (QED) is 0.345. The van der Waals surface area contributed by atoms with Gasteiger partial charge in [0.05, 0.1) is 0 Å². The molecule has 0 fully saturated rings. The largest absolute Gasteiger partial charge is 0.489 e. The number of benzene rings is 1. The highest BCUT2D eigenvalue weighted by Crippen LogP contribution is 3.03. The average molecular weight is 380 g/mol. The zero-order chi connectivity index (χ0) is 18.7. The van der Waals surface area contributed by atoms with Gasteiger partial charge in [-0.3, -0.25) is 0 Å². The molecule has 0 N–H and O–H groups in total. The molecular formula is C15H19F7OS. The molecule has 1 unspecified atom stereocenters. The Morgan fingerprint density at radius 2 is 1.79 bits per heavy atom. The summed E-state index contributed by atoms with van der Waals surface area (Å²) in [6, 6.07) is 1.56. The summed E-state index contributed by atoms with van der Waals surface area (Å²) in [5.41, 5.74) is -0.504. The van der Waals surface area contributed by atoms with Crippen molar-refractivity contribution in [2.75, 3.05) is 6.61 Å². The van der Waals surface area contributed by atoms with Crippen LogP contribution in [0.1, 0.15) is 32.3 Å². The van der Waals surface area contributed by atoms with Gasteiger partial charge in [0, 0.05) is 0 Å². The molecule has 0 saturated carbocycles. The van der Waals surface area contributed by atoms with Gasteiger partial charge in [0.2, 0.25) is 0 Å². The molecule has 0 aliphatic heterocycles. The molecule has 0 amide bonds. The zero-order valence-electron chi connectivity index (χ0n) is 13.2. The highest BCUT2D eigenvalue weighted by atomic mass is 32.5. The standard InChI is InChI=1S/C15H19F7OS/c1-3-5-6-7-11-8-9-13(23-10-12(16)4-2)15(14(11)17)24(18,19,20,21)22/h3,5,8-9,12H,4,6-7,10H2,1-2H3/b5-3+. The van der Waals surface area contributed by atoms with Crippen LogP contribution in [0.5, 0.6) is 5.75 Å². The fraction of sp³-hybridized carbons (Fsp3) is 0.467. The van der Waals surface area contributed by atoms with Crippen molar-refractivity contribution >= 4 is 10.2 Å². The lowest BCUT2D eigenvalue weighted by molar-refractivity contribution is 0.185. The highest BCUT2D eigenvalue weighted by molar-refractivity contribution is 8.45. The Bertz CT molecular complexity index is 610. The predicted octanol–water partition coefficient (Wildman–Crippen LogP) is 7.12. The molecule has 0 aliphatic carbocycles. The predicted molar refractivity (Wildman–Crippen MR) is 81.6 cm³/mol. The zero-order valence-corrected chi connectivity index (χ0v) is 14.0. The van der Waals surface area contributed by atoms with E-state index in [9.17, 15) is 28.2 Å². The van der Waals surface area contributed by atoms with Crippen LogP contribution in [0.15, 0.2) is 29.2 Å². The first-order chi connectivity index (χ1) is 10.8. The maximum atomic E-state index is 14.2. The third kappa shape index (κ3) is 5.61. The molecule has 140 valence electrons. The van der Waals surface area contributed by atoms with E-state index in [-0.39, 0.29) is 19.3 Å². The van der Waals surface area contributed by atoms with Crippen molar-refractivity contribution in [3.63, 3.8) is 0 Å². The van der Waals surface area contributed by atoms with Crippen LogP contribution in [-0.4, -0.2) is 12.8 Å². The van der Waals surface area contributed by atoms with Crippen LogP contribution in [0.3, 0.4) is 0 Å². The van der Waals surface area contributed by atoms with Gasteiger partial charge in [-0.15, -0.1) is 0 Å². The van der Waals surface area contributed by atoms with E-state index in [0.717, 1.165) is 6.07 Å². The summed E-state index contributed by atoms with van der Waals surface area (Å²) in [5.74, 6) is -3.46. The third-order valence-corrected chi connectivity index (χ3v) is 4.36. The molecule has 0 heterocycles. The normalized spacial score (nSPS) is 16.7. The van der Waals surface area contributed by atoms with Gasteiger partial charge in [0.25, 0.3) is 0 Å². The highest BCUT2D eigenvalue weighted by Gasteiger charge is 2.69. The molecule has 1 aromatic rings. The number of aryl methyl sites for hydroxylation is 1. The van der Waals surface area contributed by atoms with Crippen molar-refractivity contribution in [3.8, 4) is 5.75 Å². The van der Waals surface area contributed by atoms with Gasteiger partial charge >= 0.3 is 10.2 Å². The van der Waals surface area contributed by atoms with E-state index in [0.29, 0.717) is 6.07 Å². The van der Waals surface area contributed by atoms with Crippen LogP contribution in [-0.2, 0) is 6.42 Å². The summed E-state index contributed by atoms with van der Waals surface area (Å²) in [4.78, 5) is -2.71. The molecule has 24 heavy (non-hydrogen) atoms. The summed E-state index contributed by atoms with van der Waals surface area (Å²) < 4.78 is 97.9. The van der Waals surface area contributed by atoms with Crippen molar-refractivity contribution in [1.29, 1.82) is 0 Å². The molecule has 1 nitrogen and oxygen atoms in total. The number of hydrogen-bond acceptors (Lipinski definition) is 1. The van der Waals surface area contributed by atoms with Crippen molar-refractivity contribution in [2.45, 2.75) is 44.2 Å². The van der Waals surface area contributed by atoms with Crippen LogP contribution in [0.4, 0.5) is 28.2 Å². The number of alkyl halides is 1. The maximum Gasteiger partial charge on any atom is 0.316 e. The smallest absolute Gasteiger partial charge is 0.316 e. The minimum Gasteiger partial charge on any atom is -0.489 e. The van der Waals surface area contributed by atoms with Crippen molar-refractivity contribution in [3.05, 3.63) is 35.7 Å². The van der Waals surface area contributed by atoms with Crippen LogP contribution in [0.25, 0.3) is 0 Å². The molecule has 0 saturated heterocycles. The molecule has 1 aromatic carbocycles. The first-order valence-corrected chi connectivity index (χ1v) is 9.18. The topological polar surface area (TPSA) is 9.23 Å². The third-order valence-electron chi connectivity index (χ3n) is 3.21. The van der Waals surface area contributed by atoms with E-state index in [1.165, 1.54) is 6.92 Å². The number of halogens is 7. The SMILES string of the molecule is C/C=C/CCc1ccc(OCC(F)CC)c(S(F)(F)(F)(F)F)c1F. The Kier molecular flexibility index (Phi) is 5.59. The Balaban J connectivity index is 3.38. The number of rotatable bonds is 8. The molecule has 9 heteroatoms. The Morgan fingerprint density at radius 3 is 2.29 bits per heavy atom. The van der Waals surface area contributed by atoms with Crippen LogP contribution in [0.2, 0.25) is 0 Å². The lowest BCUT2D eigenvalue weighted by atomic mass is 10.1. The second-order valence-electron chi connectivity index (χ2n) is 5.26. The fourth-order valence-electron chi connectivity index (χ4n) is 1.95. The average Bonchev–Trinajstić information content (AvgIpc) is 2.43. The maximum absolute atomic E-state index is 14.2. The van der Waals surface area contributed by atoms with E-state index in [2.05, 4.69) is 4.74 Å². The first-order valence-electron chi connectivity index (χ1n) is 7.23. The molecule has 1 atom stereocenters. The first kappa shape index (κ1) is 20.7.